The Morgan fingerprint density at radius 1 is 1.38 bits per heavy atom. The predicted octanol–water partition coefficient (Wildman–Crippen LogP) is 2.90. The number of hydrogen-bond acceptors (Lipinski definition) is 2. The van der Waals surface area contributed by atoms with Gasteiger partial charge in [-0.2, -0.15) is 0 Å². The van der Waals surface area contributed by atoms with E-state index in [0.29, 0.717) is 18.0 Å². The number of hydrogen-bond donors (Lipinski definition) is 1. The number of likely N-dealkylation sites (tertiary alicyclic amines) is 1. The van der Waals surface area contributed by atoms with Crippen molar-refractivity contribution in [3.63, 3.8) is 0 Å². The van der Waals surface area contributed by atoms with Crippen LogP contribution in [-0.4, -0.2) is 34.5 Å². The van der Waals surface area contributed by atoms with Crippen molar-refractivity contribution in [2.24, 2.45) is 5.92 Å². The molecule has 1 heterocycles. The molecule has 1 saturated heterocycles. The quantitative estimate of drug-likeness (QED) is 0.934. The average molecular weight is 310 g/mol. The van der Waals surface area contributed by atoms with E-state index in [4.69, 9.17) is 16.7 Å². The molecule has 21 heavy (non-hydrogen) atoms. The van der Waals surface area contributed by atoms with Gasteiger partial charge in [0.25, 0.3) is 0 Å². The van der Waals surface area contributed by atoms with Crippen molar-refractivity contribution in [3.05, 3.63) is 34.3 Å². The first kappa shape index (κ1) is 15.8. The van der Waals surface area contributed by atoms with Gasteiger partial charge in [0.05, 0.1) is 12.3 Å². The molecule has 5 heteroatoms. The molecule has 0 aliphatic carbocycles. The van der Waals surface area contributed by atoms with Crippen molar-refractivity contribution in [1.82, 2.24) is 4.90 Å². The van der Waals surface area contributed by atoms with E-state index < -0.39 is 11.9 Å². The molecule has 1 aliphatic rings. The number of carbonyl (C=O) groups excluding carboxylic acids is 1. The summed E-state index contributed by atoms with van der Waals surface area (Å²) in [5.74, 6) is -1.34. The number of carbonyl (C=O) groups is 2. The number of halogens is 1. The molecule has 1 fully saturated rings. The highest BCUT2D eigenvalue weighted by Crippen LogP contribution is 2.25. The first-order valence-corrected chi connectivity index (χ1v) is 7.54. The monoisotopic (exact) mass is 309 g/mol. The summed E-state index contributed by atoms with van der Waals surface area (Å²) in [6.45, 7) is 4.16. The minimum Gasteiger partial charge on any atom is -0.481 e. The van der Waals surface area contributed by atoms with Crippen LogP contribution in [-0.2, 0) is 16.0 Å². The molecule has 1 aromatic rings. The van der Waals surface area contributed by atoms with E-state index in [2.05, 4.69) is 0 Å². The largest absolute Gasteiger partial charge is 0.481 e. The Morgan fingerprint density at radius 3 is 2.76 bits per heavy atom. The van der Waals surface area contributed by atoms with Crippen LogP contribution in [0.5, 0.6) is 0 Å². The number of aliphatic carboxylic acids is 1. The number of carboxylic acids is 1. The van der Waals surface area contributed by atoms with Crippen LogP contribution < -0.4 is 0 Å². The lowest BCUT2D eigenvalue weighted by atomic mass is 9.93. The summed E-state index contributed by atoms with van der Waals surface area (Å²) in [5.41, 5.74) is 1.74. The van der Waals surface area contributed by atoms with E-state index in [0.717, 1.165) is 17.5 Å². The van der Waals surface area contributed by atoms with Gasteiger partial charge in [0.1, 0.15) is 0 Å². The summed E-state index contributed by atoms with van der Waals surface area (Å²) in [4.78, 5) is 25.3. The number of aryl methyl sites for hydroxylation is 1. The minimum absolute atomic E-state index is 0.0547. The van der Waals surface area contributed by atoms with Gasteiger partial charge in [-0.25, -0.2) is 0 Å². The van der Waals surface area contributed by atoms with Crippen molar-refractivity contribution in [2.75, 3.05) is 6.54 Å². The average Bonchev–Trinajstić information content (AvgIpc) is 2.44. The third kappa shape index (κ3) is 3.56. The maximum Gasteiger partial charge on any atom is 0.308 e. The van der Waals surface area contributed by atoms with Crippen molar-refractivity contribution >= 4 is 23.5 Å². The van der Waals surface area contributed by atoms with E-state index in [-0.39, 0.29) is 18.4 Å². The van der Waals surface area contributed by atoms with Gasteiger partial charge in [0.15, 0.2) is 0 Å². The second-order valence-electron chi connectivity index (χ2n) is 5.73. The fraction of sp³-hybridized carbons (Fsp3) is 0.500. The second-order valence-corrected chi connectivity index (χ2v) is 6.11. The van der Waals surface area contributed by atoms with E-state index in [1.807, 2.05) is 32.0 Å². The Hall–Kier alpha value is -1.55. The number of piperidine rings is 1. The summed E-state index contributed by atoms with van der Waals surface area (Å²) in [6, 6.07) is 5.71. The number of benzene rings is 1. The number of rotatable bonds is 3. The molecule has 1 amide bonds. The first-order valence-electron chi connectivity index (χ1n) is 7.16. The van der Waals surface area contributed by atoms with Gasteiger partial charge in [-0.1, -0.05) is 29.8 Å². The zero-order valence-corrected chi connectivity index (χ0v) is 13.1. The van der Waals surface area contributed by atoms with Gasteiger partial charge < -0.3 is 10.0 Å². The molecule has 2 atom stereocenters. The predicted molar refractivity (Wildman–Crippen MR) is 81.4 cm³/mol. The Kier molecular flexibility index (Phi) is 4.88. The van der Waals surface area contributed by atoms with E-state index >= 15 is 0 Å². The molecule has 2 rings (SSSR count). The van der Waals surface area contributed by atoms with Crippen LogP contribution in [0.25, 0.3) is 0 Å². The molecule has 1 N–H and O–H groups in total. The van der Waals surface area contributed by atoms with Crippen molar-refractivity contribution in [2.45, 2.75) is 39.2 Å². The van der Waals surface area contributed by atoms with Crippen LogP contribution in [0.4, 0.5) is 0 Å². The zero-order valence-electron chi connectivity index (χ0n) is 12.3. The third-order valence-electron chi connectivity index (χ3n) is 4.17. The molecule has 1 aliphatic heterocycles. The van der Waals surface area contributed by atoms with Crippen molar-refractivity contribution < 1.29 is 14.7 Å². The summed E-state index contributed by atoms with van der Waals surface area (Å²) in [7, 11) is 0. The molecule has 0 radical (unpaired) electrons. The van der Waals surface area contributed by atoms with Gasteiger partial charge in [0, 0.05) is 17.6 Å². The van der Waals surface area contributed by atoms with Crippen LogP contribution in [0.1, 0.15) is 30.9 Å². The molecule has 0 spiro atoms. The highest BCUT2D eigenvalue weighted by molar-refractivity contribution is 6.32. The summed E-state index contributed by atoms with van der Waals surface area (Å²) < 4.78 is 0. The maximum absolute atomic E-state index is 12.5. The van der Waals surface area contributed by atoms with Crippen LogP contribution in [0.2, 0.25) is 5.02 Å². The Bertz CT molecular complexity index is 558. The van der Waals surface area contributed by atoms with Crippen LogP contribution in [0.15, 0.2) is 18.2 Å². The molecule has 114 valence electrons. The third-order valence-corrected chi connectivity index (χ3v) is 4.71. The lowest BCUT2D eigenvalue weighted by molar-refractivity contribution is -0.146. The SMILES string of the molecule is Cc1cccc(CC(=O)N2CC(C(=O)O)CCC2C)c1Cl. The number of nitrogens with zero attached hydrogens (tertiary/aromatic N) is 1. The topological polar surface area (TPSA) is 57.6 Å². The summed E-state index contributed by atoms with van der Waals surface area (Å²) in [5, 5.41) is 9.75. The lowest BCUT2D eigenvalue weighted by Crippen LogP contribution is -2.47. The van der Waals surface area contributed by atoms with E-state index in [1.54, 1.807) is 4.90 Å². The van der Waals surface area contributed by atoms with Crippen molar-refractivity contribution in [1.29, 1.82) is 0 Å². The molecule has 0 aromatic heterocycles. The Morgan fingerprint density at radius 2 is 2.10 bits per heavy atom. The standard InChI is InChI=1S/C16H20ClNO3/c1-10-4-3-5-12(15(10)17)8-14(19)18-9-13(16(20)21)7-6-11(18)2/h3-5,11,13H,6-9H2,1-2H3,(H,20,21). The van der Waals surface area contributed by atoms with Crippen LogP contribution in [0.3, 0.4) is 0 Å². The molecule has 0 bridgehead atoms. The Balaban J connectivity index is 2.11. The summed E-state index contributed by atoms with van der Waals surface area (Å²) >= 11 is 6.23. The van der Waals surface area contributed by atoms with Crippen molar-refractivity contribution in [3.8, 4) is 0 Å². The van der Waals surface area contributed by atoms with Gasteiger partial charge >= 0.3 is 5.97 Å². The molecule has 4 nitrogen and oxygen atoms in total. The molecule has 1 aromatic carbocycles. The molecular formula is C16H20ClNO3. The Labute approximate surface area is 129 Å². The van der Waals surface area contributed by atoms with Crippen LogP contribution in [0, 0.1) is 12.8 Å². The maximum atomic E-state index is 12.5. The zero-order chi connectivity index (χ0) is 15.6. The van der Waals surface area contributed by atoms with Gasteiger partial charge in [-0.15, -0.1) is 0 Å². The smallest absolute Gasteiger partial charge is 0.308 e. The fourth-order valence-electron chi connectivity index (χ4n) is 2.77. The first-order chi connectivity index (χ1) is 9.90. The fourth-order valence-corrected chi connectivity index (χ4v) is 2.96. The van der Waals surface area contributed by atoms with E-state index in [9.17, 15) is 9.59 Å². The number of carboxylic acid groups (broad SMARTS) is 1. The van der Waals surface area contributed by atoms with Gasteiger partial charge in [-0.3, -0.25) is 9.59 Å². The number of amides is 1. The van der Waals surface area contributed by atoms with Gasteiger partial charge in [0.2, 0.25) is 5.91 Å². The van der Waals surface area contributed by atoms with Crippen LogP contribution >= 0.6 is 11.6 Å². The molecular weight excluding hydrogens is 290 g/mol. The van der Waals surface area contributed by atoms with Gasteiger partial charge in [-0.05, 0) is 37.8 Å². The highest BCUT2D eigenvalue weighted by Gasteiger charge is 2.32. The molecule has 2 unspecified atom stereocenters. The molecule has 0 saturated carbocycles. The van der Waals surface area contributed by atoms with E-state index in [1.165, 1.54) is 0 Å². The second kappa shape index (κ2) is 6.48. The lowest BCUT2D eigenvalue weighted by Gasteiger charge is -2.36. The summed E-state index contributed by atoms with van der Waals surface area (Å²) in [6.07, 6.45) is 1.58. The minimum atomic E-state index is -0.826. The normalized spacial score (nSPS) is 22.1. The highest BCUT2D eigenvalue weighted by atomic mass is 35.5.